The van der Waals surface area contributed by atoms with Crippen LogP contribution in [0.4, 0.5) is 11.5 Å². The van der Waals surface area contributed by atoms with Crippen LogP contribution >= 0.6 is 0 Å². The van der Waals surface area contributed by atoms with Gasteiger partial charge in [0.05, 0.1) is 31.4 Å². The summed E-state index contributed by atoms with van der Waals surface area (Å²) in [5.74, 6) is 1.72. The molecule has 0 spiro atoms. The number of nitrogens with zero attached hydrogens (tertiary/aromatic N) is 4. The van der Waals surface area contributed by atoms with Crippen LogP contribution in [0.3, 0.4) is 0 Å². The fourth-order valence-corrected chi connectivity index (χ4v) is 6.10. The van der Waals surface area contributed by atoms with Gasteiger partial charge in [-0.1, -0.05) is 32.9 Å². The summed E-state index contributed by atoms with van der Waals surface area (Å²) in [6.45, 7) is 10.9. The summed E-state index contributed by atoms with van der Waals surface area (Å²) in [4.78, 5) is 39.2. The third-order valence-electron chi connectivity index (χ3n) is 8.60. The molecule has 0 bridgehead atoms. The lowest BCUT2D eigenvalue weighted by molar-refractivity contribution is -0.137. The summed E-state index contributed by atoms with van der Waals surface area (Å²) in [6.07, 6.45) is 4.02. The van der Waals surface area contributed by atoms with Crippen LogP contribution in [0, 0.1) is 24.2 Å². The van der Waals surface area contributed by atoms with Crippen LogP contribution in [0.2, 0.25) is 0 Å². The van der Waals surface area contributed by atoms with Gasteiger partial charge in [-0.25, -0.2) is 9.97 Å². The monoisotopic (exact) mass is 614 g/mol. The van der Waals surface area contributed by atoms with Crippen molar-refractivity contribution in [2.24, 2.45) is 17.3 Å². The summed E-state index contributed by atoms with van der Waals surface area (Å²) in [5, 5.41) is 9.39. The SMILES string of the molecule is COc1ccc(C(=O)N(CC(C)(C)C)c2cccc(C)n2)c(N2CCC(COc3cccc(C(CC(=O)O)C4CC4)n3)CC2)c1. The Kier molecular flexibility index (Phi) is 9.95. The highest BCUT2D eigenvalue weighted by molar-refractivity contribution is 6.09. The Hall–Kier alpha value is -4.14. The van der Waals surface area contributed by atoms with E-state index in [-0.39, 0.29) is 23.7 Å². The summed E-state index contributed by atoms with van der Waals surface area (Å²) in [7, 11) is 1.64. The molecule has 2 aromatic heterocycles. The van der Waals surface area contributed by atoms with Crippen LogP contribution in [0.15, 0.2) is 54.6 Å². The highest BCUT2D eigenvalue weighted by Gasteiger charge is 2.35. The van der Waals surface area contributed by atoms with Crippen LogP contribution in [-0.2, 0) is 4.79 Å². The fourth-order valence-electron chi connectivity index (χ4n) is 6.10. The van der Waals surface area contributed by atoms with Crippen molar-refractivity contribution in [2.45, 2.75) is 65.7 Å². The number of ether oxygens (including phenoxy) is 2. The van der Waals surface area contributed by atoms with E-state index in [9.17, 15) is 14.7 Å². The Morgan fingerprint density at radius 2 is 1.76 bits per heavy atom. The maximum absolute atomic E-state index is 14.3. The van der Waals surface area contributed by atoms with E-state index in [1.165, 1.54) is 0 Å². The van der Waals surface area contributed by atoms with Crippen molar-refractivity contribution in [3.63, 3.8) is 0 Å². The number of carbonyl (C=O) groups is 2. The van der Waals surface area contributed by atoms with Gasteiger partial charge in [-0.15, -0.1) is 0 Å². The third-order valence-corrected chi connectivity index (χ3v) is 8.60. The molecule has 1 unspecified atom stereocenters. The van der Waals surface area contributed by atoms with E-state index < -0.39 is 5.97 Å². The van der Waals surface area contributed by atoms with Crippen LogP contribution in [0.5, 0.6) is 11.6 Å². The Labute approximate surface area is 266 Å². The van der Waals surface area contributed by atoms with E-state index in [1.54, 1.807) is 12.0 Å². The molecule has 45 heavy (non-hydrogen) atoms. The van der Waals surface area contributed by atoms with Gasteiger partial charge in [0.1, 0.15) is 11.6 Å². The quantitative estimate of drug-likeness (QED) is 0.239. The lowest BCUT2D eigenvalue weighted by Crippen LogP contribution is -2.41. The molecule has 1 aliphatic heterocycles. The van der Waals surface area contributed by atoms with Crippen LogP contribution < -0.4 is 19.3 Å². The predicted octanol–water partition coefficient (Wildman–Crippen LogP) is 6.75. The van der Waals surface area contributed by atoms with E-state index in [2.05, 4.69) is 25.7 Å². The zero-order valence-corrected chi connectivity index (χ0v) is 27.2. The lowest BCUT2D eigenvalue weighted by atomic mass is 9.94. The number of piperidine rings is 1. The second kappa shape index (κ2) is 13.9. The molecule has 3 heterocycles. The van der Waals surface area contributed by atoms with Gasteiger partial charge in [-0.2, -0.15) is 0 Å². The molecular weight excluding hydrogens is 568 g/mol. The first kappa shape index (κ1) is 32.3. The number of aryl methyl sites for hydroxylation is 1. The molecule has 9 heteroatoms. The van der Waals surface area contributed by atoms with Crippen molar-refractivity contribution in [1.29, 1.82) is 0 Å². The number of amides is 1. The fraction of sp³-hybridized carbons (Fsp3) is 0.500. The van der Waals surface area contributed by atoms with Gasteiger partial charge >= 0.3 is 5.97 Å². The minimum atomic E-state index is -0.790. The lowest BCUT2D eigenvalue weighted by Gasteiger charge is -2.36. The maximum Gasteiger partial charge on any atom is 0.304 e. The van der Waals surface area contributed by atoms with Crippen LogP contribution in [-0.4, -0.2) is 60.3 Å². The average molecular weight is 615 g/mol. The molecule has 1 aromatic carbocycles. The number of hydrogen-bond acceptors (Lipinski definition) is 7. The largest absolute Gasteiger partial charge is 0.497 e. The zero-order valence-electron chi connectivity index (χ0n) is 27.2. The van der Waals surface area contributed by atoms with E-state index >= 15 is 0 Å². The minimum Gasteiger partial charge on any atom is -0.497 e. The van der Waals surface area contributed by atoms with Gasteiger partial charge in [0, 0.05) is 49.1 Å². The number of carboxylic acids is 1. The number of carboxylic acid groups (broad SMARTS) is 1. The number of aliphatic carboxylic acids is 1. The normalized spacial score (nSPS) is 16.2. The Morgan fingerprint density at radius 1 is 1.02 bits per heavy atom. The second-order valence-electron chi connectivity index (χ2n) is 13.7. The molecule has 2 aliphatic rings. The Morgan fingerprint density at radius 3 is 2.40 bits per heavy atom. The van der Waals surface area contributed by atoms with Gasteiger partial charge in [0.2, 0.25) is 5.88 Å². The molecule has 1 aliphatic carbocycles. The molecule has 1 saturated heterocycles. The molecule has 0 radical (unpaired) electrons. The minimum absolute atomic E-state index is 0.0601. The summed E-state index contributed by atoms with van der Waals surface area (Å²) < 4.78 is 11.7. The van der Waals surface area contributed by atoms with Crippen LogP contribution in [0.1, 0.15) is 80.5 Å². The summed E-state index contributed by atoms with van der Waals surface area (Å²) >= 11 is 0. The highest BCUT2D eigenvalue weighted by Crippen LogP contribution is 2.44. The van der Waals surface area contributed by atoms with Crippen molar-refractivity contribution >= 4 is 23.4 Å². The number of carbonyl (C=O) groups excluding carboxylic acids is 1. The summed E-state index contributed by atoms with van der Waals surface area (Å²) in [5.41, 5.74) is 3.04. The van der Waals surface area contributed by atoms with Gasteiger partial charge < -0.3 is 19.5 Å². The number of pyridine rings is 2. The van der Waals surface area contributed by atoms with Gasteiger partial charge in [0.25, 0.3) is 5.91 Å². The first-order valence-electron chi connectivity index (χ1n) is 16.0. The van der Waals surface area contributed by atoms with E-state index in [0.29, 0.717) is 48.0 Å². The third kappa shape index (κ3) is 8.53. The highest BCUT2D eigenvalue weighted by atomic mass is 16.5. The summed E-state index contributed by atoms with van der Waals surface area (Å²) in [6, 6.07) is 17.1. The second-order valence-corrected chi connectivity index (χ2v) is 13.7. The molecule has 3 aromatic rings. The topological polar surface area (TPSA) is 105 Å². The standard InChI is InChI=1S/C36H46N4O5/c1-24-8-6-10-32(37-24)40(23-36(2,3)4)35(43)28-15-14-27(44-5)20-31(28)39-18-16-25(17-19-39)22-45-33-11-7-9-30(38-33)29(21-34(41)42)26-12-13-26/h6-11,14-15,20,25-26,29H,12-13,16-19,21-23H2,1-5H3,(H,41,42). The number of anilines is 2. The number of benzene rings is 1. The zero-order chi connectivity index (χ0) is 32.1. The van der Waals surface area contributed by atoms with Crippen LogP contribution in [0.25, 0.3) is 0 Å². The Bertz CT molecular complexity index is 1490. The maximum atomic E-state index is 14.3. The van der Waals surface area contributed by atoms with Crippen molar-refractivity contribution in [1.82, 2.24) is 9.97 Å². The molecule has 1 atom stereocenters. The first-order chi connectivity index (χ1) is 21.5. The predicted molar refractivity (Wildman–Crippen MR) is 175 cm³/mol. The van der Waals surface area contributed by atoms with E-state index in [4.69, 9.17) is 19.4 Å². The molecule has 1 saturated carbocycles. The van der Waals surface area contributed by atoms with Crippen molar-refractivity contribution in [3.05, 3.63) is 71.5 Å². The van der Waals surface area contributed by atoms with Crippen molar-refractivity contribution in [3.8, 4) is 11.6 Å². The van der Waals surface area contributed by atoms with Crippen molar-refractivity contribution in [2.75, 3.05) is 43.2 Å². The molecule has 1 amide bonds. The molecule has 9 nitrogen and oxygen atoms in total. The Balaban J connectivity index is 1.28. The molecular formula is C36H46N4O5. The molecule has 1 N–H and O–H groups in total. The molecule has 2 fully saturated rings. The molecule has 240 valence electrons. The average Bonchev–Trinajstić information content (AvgIpc) is 3.86. The van der Waals surface area contributed by atoms with E-state index in [1.807, 2.05) is 61.5 Å². The van der Waals surface area contributed by atoms with E-state index in [0.717, 1.165) is 55.8 Å². The smallest absolute Gasteiger partial charge is 0.304 e. The number of rotatable bonds is 12. The first-order valence-corrected chi connectivity index (χ1v) is 16.0. The van der Waals surface area contributed by atoms with Gasteiger partial charge in [-0.05, 0) is 80.2 Å². The van der Waals surface area contributed by atoms with Gasteiger partial charge in [-0.3, -0.25) is 14.5 Å². The number of hydrogen-bond donors (Lipinski definition) is 1. The number of methoxy groups -OCH3 is 1. The number of aromatic nitrogens is 2. The molecule has 5 rings (SSSR count). The van der Waals surface area contributed by atoms with Gasteiger partial charge in [0.15, 0.2) is 0 Å². The van der Waals surface area contributed by atoms with Crippen molar-refractivity contribution < 1.29 is 24.2 Å².